The molecule has 0 aromatic heterocycles. The molecule has 0 bridgehead atoms. The number of nitrogens with one attached hydrogen (secondary N) is 1. The van der Waals surface area contributed by atoms with Gasteiger partial charge < -0.3 is 10.1 Å². The van der Waals surface area contributed by atoms with Crippen molar-refractivity contribution in [1.29, 1.82) is 0 Å². The third kappa shape index (κ3) is 5.46. The minimum atomic E-state index is -0.316. The Morgan fingerprint density at radius 2 is 1.86 bits per heavy atom. The number of fused-ring (bicyclic) bond motifs is 5. The fourth-order valence-corrected chi connectivity index (χ4v) is 9.60. The van der Waals surface area contributed by atoms with Crippen LogP contribution >= 0.6 is 0 Å². The molecule has 1 N–H and O–H groups in total. The summed E-state index contributed by atoms with van der Waals surface area (Å²) in [5.74, 6) is 4.47. The number of allylic oxidation sites excluding steroid dienone is 2. The van der Waals surface area contributed by atoms with Crippen LogP contribution in [0.5, 0.6) is 0 Å². The van der Waals surface area contributed by atoms with E-state index in [2.05, 4.69) is 46.0 Å². The molecule has 8 atom stereocenters. The van der Waals surface area contributed by atoms with E-state index in [-0.39, 0.29) is 29.9 Å². The summed E-state index contributed by atoms with van der Waals surface area (Å²) < 4.78 is 5.86. The van der Waals surface area contributed by atoms with Crippen molar-refractivity contribution in [1.82, 2.24) is 5.32 Å². The van der Waals surface area contributed by atoms with Crippen LogP contribution in [0, 0.1) is 46.3 Å². The Labute approximate surface area is 226 Å². The molecule has 0 saturated heterocycles. The predicted octanol–water partition coefficient (Wildman–Crippen LogP) is 7.63. The molecule has 0 radical (unpaired) electrons. The molecule has 0 spiro atoms. The van der Waals surface area contributed by atoms with E-state index in [9.17, 15) is 9.59 Å². The molecule has 4 aliphatic rings. The maximum absolute atomic E-state index is 12.5. The molecule has 1 amide bonds. The smallest absolute Gasteiger partial charge is 0.325 e. The van der Waals surface area contributed by atoms with Crippen molar-refractivity contribution in [2.24, 2.45) is 46.3 Å². The SMILES string of the molecule is C/C=C(\CC)C(=O)NCC(=O)OC1CCC2(C)C(=CCC3C2CCC2(C)C(C(C)CC(C)C)CCC32)C1. The molecular weight excluding hydrogens is 458 g/mol. The van der Waals surface area contributed by atoms with Gasteiger partial charge in [-0.3, -0.25) is 9.59 Å². The zero-order valence-electron chi connectivity index (χ0n) is 24.7. The second kappa shape index (κ2) is 11.3. The Morgan fingerprint density at radius 1 is 1.11 bits per heavy atom. The van der Waals surface area contributed by atoms with Crippen LogP contribution in [0.15, 0.2) is 23.3 Å². The third-order valence-electron chi connectivity index (χ3n) is 11.4. The second-order valence-electron chi connectivity index (χ2n) is 13.8. The largest absolute Gasteiger partial charge is 0.461 e. The van der Waals surface area contributed by atoms with Gasteiger partial charge in [-0.05, 0) is 111 Å². The van der Waals surface area contributed by atoms with E-state index >= 15 is 0 Å². The fourth-order valence-electron chi connectivity index (χ4n) is 9.60. The molecule has 0 aromatic carbocycles. The number of hydrogen-bond donors (Lipinski definition) is 1. The zero-order chi connectivity index (χ0) is 27.0. The number of amides is 1. The predicted molar refractivity (Wildman–Crippen MR) is 151 cm³/mol. The quantitative estimate of drug-likeness (QED) is 0.207. The lowest BCUT2D eigenvalue weighted by Crippen LogP contribution is -2.51. The summed E-state index contributed by atoms with van der Waals surface area (Å²) in [6.07, 6.45) is 16.0. The lowest BCUT2D eigenvalue weighted by atomic mass is 9.47. The normalized spacial score (nSPS) is 38.2. The van der Waals surface area contributed by atoms with Crippen molar-refractivity contribution < 1.29 is 14.3 Å². The molecule has 0 heterocycles. The standard InChI is InChI=1S/C33H53NO3/c1-8-23(9-2)31(36)34-20-30(35)37-25-14-16-32(6)24(19-25)10-11-26-28-13-12-27(22(5)18-21(3)4)33(28,7)17-15-29(26)32/h8,10,21-22,25-29H,9,11-20H2,1-7H3,(H,34,36)/b23-8+. The van der Waals surface area contributed by atoms with E-state index in [1.807, 2.05) is 13.8 Å². The number of hydrogen-bond acceptors (Lipinski definition) is 3. The summed E-state index contributed by atoms with van der Waals surface area (Å²) in [5, 5.41) is 2.73. The Balaban J connectivity index is 1.38. The summed E-state index contributed by atoms with van der Waals surface area (Å²) in [7, 11) is 0. The van der Waals surface area contributed by atoms with Crippen LogP contribution in [-0.2, 0) is 14.3 Å². The van der Waals surface area contributed by atoms with Gasteiger partial charge in [0.1, 0.15) is 12.6 Å². The van der Waals surface area contributed by atoms with Gasteiger partial charge in [0.05, 0.1) is 0 Å². The first-order valence-corrected chi connectivity index (χ1v) is 15.4. The zero-order valence-corrected chi connectivity index (χ0v) is 24.7. The maximum Gasteiger partial charge on any atom is 0.325 e. The van der Waals surface area contributed by atoms with Crippen molar-refractivity contribution in [2.75, 3.05) is 6.54 Å². The number of ether oxygens (including phenoxy) is 1. The number of carbonyl (C=O) groups is 2. The lowest BCUT2D eigenvalue weighted by Gasteiger charge is -2.58. The molecule has 37 heavy (non-hydrogen) atoms. The Hall–Kier alpha value is -1.58. The van der Waals surface area contributed by atoms with E-state index in [1.54, 1.807) is 6.08 Å². The third-order valence-corrected chi connectivity index (χ3v) is 11.4. The highest BCUT2D eigenvalue weighted by molar-refractivity contribution is 5.95. The molecule has 208 valence electrons. The van der Waals surface area contributed by atoms with Gasteiger partial charge in [0.2, 0.25) is 5.91 Å². The topological polar surface area (TPSA) is 55.4 Å². The molecule has 0 aliphatic heterocycles. The van der Waals surface area contributed by atoms with Crippen LogP contribution < -0.4 is 5.32 Å². The highest BCUT2D eigenvalue weighted by Gasteiger charge is 2.59. The summed E-state index contributed by atoms with van der Waals surface area (Å²) in [6, 6.07) is 0. The number of esters is 1. The number of rotatable bonds is 8. The second-order valence-corrected chi connectivity index (χ2v) is 13.8. The molecule has 3 saturated carbocycles. The first kappa shape index (κ1) is 28.4. The van der Waals surface area contributed by atoms with Crippen molar-refractivity contribution in [3.05, 3.63) is 23.3 Å². The monoisotopic (exact) mass is 511 g/mol. The van der Waals surface area contributed by atoms with Crippen LogP contribution in [0.3, 0.4) is 0 Å². The highest BCUT2D eigenvalue weighted by Crippen LogP contribution is 2.67. The average Bonchev–Trinajstić information content (AvgIpc) is 3.20. The first-order chi connectivity index (χ1) is 17.5. The van der Waals surface area contributed by atoms with Gasteiger partial charge in [-0.15, -0.1) is 0 Å². The Bertz CT molecular complexity index is 919. The van der Waals surface area contributed by atoms with Crippen molar-refractivity contribution >= 4 is 11.9 Å². The van der Waals surface area contributed by atoms with Crippen LogP contribution in [0.2, 0.25) is 0 Å². The first-order valence-electron chi connectivity index (χ1n) is 15.4. The summed E-state index contributed by atoms with van der Waals surface area (Å²) in [5.41, 5.74) is 3.01. The van der Waals surface area contributed by atoms with E-state index in [1.165, 1.54) is 44.1 Å². The molecule has 4 aliphatic carbocycles. The maximum atomic E-state index is 12.5. The molecular formula is C33H53NO3. The highest BCUT2D eigenvalue weighted by atomic mass is 16.5. The van der Waals surface area contributed by atoms with Crippen molar-refractivity contribution in [2.45, 2.75) is 119 Å². The molecule has 4 nitrogen and oxygen atoms in total. The van der Waals surface area contributed by atoms with Crippen LogP contribution in [-0.4, -0.2) is 24.5 Å². The fraction of sp³-hybridized carbons (Fsp3) is 0.818. The van der Waals surface area contributed by atoms with Gasteiger partial charge in [0, 0.05) is 12.0 Å². The van der Waals surface area contributed by atoms with E-state index in [0.717, 1.165) is 54.8 Å². The summed E-state index contributed by atoms with van der Waals surface area (Å²) >= 11 is 0. The van der Waals surface area contributed by atoms with E-state index < -0.39 is 0 Å². The average molecular weight is 512 g/mol. The van der Waals surface area contributed by atoms with Gasteiger partial charge in [-0.2, -0.15) is 0 Å². The van der Waals surface area contributed by atoms with Crippen molar-refractivity contribution in [3.8, 4) is 0 Å². The molecule has 4 rings (SSSR count). The van der Waals surface area contributed by atoms with Gasteiger partial charge in [0.25, 0.3) is 0 Å². The molecule has 3 fully saturated rings. The van der Waals surface area contributed by atoms with Crippen LogP contribution in [0.4, 0.5) is 0 Å². The van der Waals surface area contributed by atoms with Gasteiger partial charge in [0.15, 0.2) is 0 Å². The van der Waals surface area contributed by atoms with E-state index in [0.29, 0.717) is 17.4 Å². The number of carbonyl (C=O) groups excluding carboxylic acids is 2. The Morgan fingerprint density at radius 3 is 2.54 bits per heavy atom. The van der Waals surface area contributed by atoms with Crippen molar-refractivity contribution in [3.63, 3.8) is 0 Å². The summed E-state index contributed by atoms with van der Waals surface area (Å²) in [4.78, 5) is 24.7. The van der Waals surface area contributed by atoms with E-state index in [4.69, 9.17) is 4.74 Å². The minimum Gasteiger partial charge on any atom is -0.461 e. The lowest BCUT2D eigenvalue weighted by molar-refractivity contribution is -0.151. The Kier molecular flexibility index (Phi) is 8.65. The summed E-state index contributed by atoms with van der Waals surface area (Å²) in [6.45, 7) is 16.2. The van der Waals surface area contributed by atoms with Gasteiger partial charge in [-0.1, -0.05) is 59.3 Å². The van der Waals surface area contributed by atoms with Gasteiger partial charge >= 0.3 is 5.97 Å². The van der Waals surface area contributed by atoms with Crippen LogP contribution in [0.25, 0.3) is 0 Å². The minimum absolute atomic E-state index is 0.0512. The molecule has 4 heteroatoms. The molecule has 0 aromatic rings. The molecule has 8 unspecified atom stereocenters. The van der Waals surface area contributed by atoms with Crippen LogP contribution in [0.1, 0.15) is 113 Å². The van der Waals surface area contributed by atoms with Gasteiger partial charge in [-0.25, -0.2) is 0 Å².